The predicted molar refractivity (Wildman–Crippen MR) is 128 cm³/mol. The largest absolute Gasteiger partial charge is 0.435 e. The van der Waals surface area contributed by atoms with E-state index in [1.54, 1.807) is 32.1 Å². The number of para-hydroxylation sites is 1. The SMILES string of the molecule is Cc1cccc(C)c1-n1c(=O)/c(=C\c2ccc(OC(F)F)cc2)s/c1=C(/C#N)C(=O)NC(C)C. The first-order chi connectivity index (χ1) is 16.1. The van der Waals surface area contributed by atoms with Crippen molar-refractivity contribution in [2.45, 2.75) is 40.3 Å². The number of benzene rings is 2. The Balaban J connectivity index is 2.32. The van der Waals surface area contributed by atoms with E-state index in [1.165, 1.54) is 16.7 Å². The first-order valence-corrected chi connectivity index (χ1v) is 11.2. The number of hydrogen-bond acceptors (Lipinski definition) is 5. The van der Waals surface area contributed by atoms with Gasteiger partial charge in [0.2, 0.25) is 0 Å². The lowest BCUT2D eigenvalue weighted by molar-refractivity contribution is -0.116. The van der Waals surface area contributed by atoms with Gasteiger partial charge in [-0.3, -0.25) is 14.2 Å². The Morgan fingerprint density at radius 1 is 1.15 bits per heavy atom. The maximum Gasteiger partial charge on any atom is 0.387 e. The van der Waals surface area contributed by atoms with Crippen LogP contribution in [0.25, 0.3) is 17.3 Å². The molecule has 9 heteroatoms. The molecule has 0 aliphatic carbocycles. The van der Waals surface area contributed by atoms with E-state index in [-0.39, 0.29) is 26.6 Å². The summed E-state index contributed by atoms with van der Waals surface area (Å²) in [6.07, 6.45) is 1.59. The molecule has 1 heterocycles. The van der Waals surface area contributed by atoms with Gasteiger partial charge in [0, 0.05) is 6.04 Å². The standard InChI is InChI=1S/C25H23F2N3O3S/c1-14(2)29-22(31)19(13-28)24-30(21-15(3)6-5-7-16(21)4)23(32)20(34-24)12-17-8-10-18(11-9-17)33-25(26)27/h5-12,14,25H,1-4H3,(H,29,31)/b20-12+,24-19-. The van der Waals surface area contributed by atoms with Gasteiger partial charge in [-0.2, -0.15) is 14.0 Å². The van der Waals surface area contributed by atoms with Crippen molar-refractivity contribution < 1.29 is 18.3 Å². The van der Waals surface area contributed by atoms with Gasteiger partial charge in [0.1, 0.15) is 16.5 Å². The van der Waals surface area contributed by atoms with Crippen LogP contribution in [0.3, 0.4) is 0 Å². The number of carbonyl (C=O) groups excluding carboxylic acids is 1. The van der Waals surface area contributed by atoms with Gasteiger partial charge in [0.15, 0.2) is 5.57 Å². The molecule has 0 radical (unpaired) electrons. The number of rotatable bonds is 6. The van der Waals surface area contributed by atoms with Crippen LogP contribution in [0.2, 0.25) is 0 Å². The number of aromatic nitrogens is 1. The lowest BCUT2D eigenvalue weighted by Gasteiger charge is -2.11. The molecule has 0 saturated heterocycles. The van der Waals surface area contributed by atoms with Gasteiger partial charge >= 0.3 is 6.61 Å². The highest BCUT2D eigenvalue weighted by Gasteiger charge is 2.19. The molecule has 34 heavy (non-hydrogen) atoms. The van der Waals surface area contributed by atoms with E-state index in [1.807, 2.05) is 38.1 Å². The number of aryl methyl sites for hydroxylation is 2. The molecule has 0 spiro atoms. The summed E-state index contributed by atoms with van der Waals surface area (Å²) in [6.45, 7) is 4.32. The van der Waals surface area contributed by atoms with Crippen LogP contribution in [0.5, 0.6) is 5.75 Å². The second kappa shape index (κ2) is 10.4. The van der Waals surface area contributed by atoms with E-state index in [0.29, 0.717) is 11.3 Å². The molecule has 2 aromatic carbocycles. The summed E-state index contributed by atoms with van der Waals surface area (Å²) in [4.78, 5) is 26.3. The summed E-state index contributed by atoms with van der Waals surface area (Å²) < 4.78 is 31.1. The van der Waals surface area contributed by atoms with Gasteiger partial charge in [-0.15, -0.1) is 11.3 Å². The molecule has 0 unspecified atom stereocenters. The Bertz CT molecular complexity index is 1410. The van der Waals surface area contributed by atoms with Crippen LogP contribution in [0.15, 0.2) is 47.3 Å². The van der Waals surface area contributed by atoms with E-state index in [4.69, 9.17) is 0 Å². The molecule has 1 amide bonds. The van der Waals surface area contributed by atoms with Crippen molar-refractivity contribution in [2.24, 2.45) is 0 Å². The fourth-order valence-corrected chi connectivity index (χ4v) is 4.53. The van der Waals surface area contributed by atoms with Gasteiger partial charge < -0.3 is 10.1 Å². The minimum Gasteiger partial charge on any atom is -0.435 e. The number of thiazole rings is 1. The highest BCUT2D eigenvalue weighted by molar-refractivity contribution is 7.07. The molecule has 6 nitrogen and oxygen atoms in total. The van der Waals surface area contributed by atoms with Gasteiger partial charge in [0.05, 0.1) is 10.2 Å². The third-order valence-electron chi connectivity index (χ3n) is 4.86. The van der Waals surface area contributed by atoms with Crippen molar-refractivity contribution in [3.05, 3.63) is 78.7 Å². The zero-order valence-corrected chi connectivity index (χ0v) is 19.9. The highest BCUT2D eigenvalue weighted by atomic mass is 32.1. The van der Waals surface area contributed by atoms with Crippen molar-refractivity contribution >= 4 is 28.9 Å². The number of amides is 1. The van der Waals surface area contributed by atoms with Crippen LogP contribution in [0, 0.1) is 25.2 Å². The van der Waals surface area contributed by atoms with E-state index < -0.39 is 18.1 Å². The second-order valence-electron chi connectivity index (χ2n) is 7.86. The summed E-state index contributed by atoms with van der Waals surface area (Å²) in [5.41, 5.74) is 2.23. The van der Waals surface area contributed by atoms with Crippen molar-refractivity contribution in [1.29, 1.82) is 5.26 Å². The number of nitrogens with one attached hydrogen (secondary N) is 1. The molecule has 0 atom stereocenters. The molecule has 0 bridgehead atoms. The molecule has 176 valence electrons. The molecule has 1 N–H and O–H groups in total. The van der Waals surface area contributed by atoms with Gasteiger partial charge in [-0.1, -0.05) is 30.3 Å². The monoisotopic (exact) mass is 483 g/mol. The molecule has 0 aliphatic heterocycles. The lowest BCUT2D eigenvalue weighted by atomic mass is 10.1. The summed E-state index contributed by atoms with van der Waals surface area (Å²) in [5, 5.41) is 12.5. The average molecular weight is 484 g/mol. The first kappa shape index (κ1) is 24.9. The Labute approximate surface area is 199 Å². The number of halogens is 2. The number of alkyl halides is 2. The zero-order valence-electron chi connectivity index (χ0n) is 19.1. The van der Waals surface area contributed by atoms with E-state index in [2.05, 4.69) is 10.1 Å². The second-order valence-corrected chi connectivity index (χ2v) is 8.89. The highest BCUT2D eigenvalue weighted by Crippen LogP contribution is 2.17. The lowest BCUT2D eigenvalue weighted by Crippen LogP contribution is -2.36. The smallest absolute Gasteiger partial charge is 0.387 e. The minimum atomic E-state index is -2.93. The quantitative estimate of drug-likeness (QED) is 0.584. The Kier molecular flexibility index (Phi) is 7.64. The predicted octanol–water partition coefficient (Wildman–Crippen LogP) is 3.14. The third-order valence-corrected chi connectivity index (χ3v) is 5.95. The maximum atomic E-state index is 13.5. The summed E-state index contributed by atoms with van der Waals surface area (Å²) >= 11 is 1.02. The molecule has 0 saturated carbocycles. The molecule has 1 aromatic heterocycles. The van der Waals surface area contributed by atoms with Gasteiger partial charge in [0.25, 0.3) is 11.5 Å². The van der Waals surface area contributed by atoms with Crippen LogP contribution in [0.1, 0.15) is 30.5 Å². The topological polar surface area (TPSA) is 84.1 Å². The first-order valence-electron chi connectivity index (χ1n) is 10.4. The fraction of sp³-hybridized carbons (Fsp3) is 0.240. The Morgan fingerprint density at radius 3 is 2.29 bits per heavy atom. The normalized spacial score (nSPS) is 12.6. The van der Waals surface area contributed by atoms with Crippen LogP contribution in [-0.4, -0.2) is 23.1 Å². The fourth-order valence-electron chi connectivity index (χ4n) is 3.44. The van der Waals surface area contributed by atoms with Crippen molar-refractivity contribution in [3.63, 3.8) is 0 Å². The van der Waals surface area contributed by atoms with Crippen molar-refractivity contribution in [3.8, 4) is 17.5 Å². The van der Waals surface area contributed by atoms with Crippen LogP contribution in [0.4, 0.5) is 8.78 Å². The van der Waals surface area contributed by atoms with E-state index in [9.17, 15) is 23.6 Å². The van der Waals surface area contributed by atoms with E-state index in [0.717, 1.165) is 22.5 Å². The Hall–Kier alpha value is -3.77. The molecule has 0 aliphatic rings. The molecule has 3 aromatic rings. The molecular formula is C25H23F2N3O3S. The minimum absolute atomic E-state index is 0.00239. The van der Waals surface area contributed by atoms with Crippen molar-refractivity contribution in [1.82, 2.24) is 9.88 Å². The summed E-state index contributed by atoms with van der Waals surface area (Å²) in [5.74, 6) is -0.573. The number of nitriles is 1. The zero-order chi connectivity index (χ0) is 25.0. The van der Waals surface area contributed by atoms with Crippen LogP contribution < -0.4 is 24.8 Å². The van der Waals surface area contributed by atoms with Gasteiger partial charge in [-0.05, 0) is 62.6 Å². The summed E-state index contributed by atoms with van der Waals surface area (Å²) in [6, 6.07) is 13.2. The summed E-state index contributed by atoms with van der Waals surface area (Å²) in [7, 11) is 0. The number of carbonyl (C=O) groups is 1. The molecular weight excluding hydrogens is 460 g/mol. The number of hydrogen-bond donors (Lipinski definition) is 1. The average Bonchev–Trinajstić information content (AvgIpc) is 3.05. The molecule has 3 rings (SSSR count). The van der Waals surface area contributed by atoms with Crippen LogP contribution >= 0.6 is 11.3 Å². The molecule has 0 fully saturated rings. The Morgan fingerprint density at radius 2 is 1.76 bits per heavy atom. The third kappa shape index (κ3) is 5.41. The maximum absolute atomic E-state index is 13.5. The van der Waals surface area contributed by atoms with E-state index >= 15 is 0 Å². The van der Waals surface area contributed by atoms with Crippen LogP contribution in [-0.2, 0) is 4.79 Å². The number of nitrogens with zero attached hydrogens (tertiary/aromatic N) is 2. The van der Waals surface area contributed by atoms with Gasteiger partial charge in [-0.25, -0.2) is 0 Å². The van der Waals surface area contributed by atoms with Crippen molar-refractivity contribution in [2.75, 3.05) is 0 Å². The number of ether oxygens (including phenoxy) is 1.